The Morgan fingerprint density at radius 1 is 0.692 bits per heavy atom. The number of cyclic esters (lactones) is 1. The van der Waals surface area contributed by atoms with Crippen molar-refractivity contribution in [3.63, 3.8) is 0 Å². The van der Waals surface area contributed by atoms with Crippen LogP contribution in [0.1, 0.15) is 91.9 Å². The third kappa shape index (κ3) is 18.8. The molecule has 19 atom stereocenters. The minimum absolute atomic E-state index is 0.103. The molecule has 3 heterocycles. The van der Waals surface area contributed by atoms with Gasteiger partial charge in [-0.2, -0.15) is 0 Å². The molecule has 0 aromatic carbocycles. The average Bonchev–Trinajstić information content (AvgIpc) is 3.21. The molecule has 0 radical (unpaired) electrons. The minimum Gasteiger partial charge on any atom is -0.481 e. The van der Waals surface area contributed by atoms with Crippen LogP contribution in [-0.4, -0.2) is 166 Å². The number of fused-ring (bicyclic) bond motifs is 2. The van der Waals surface area contributed by atoms with Crippen molar-refractivity contribution >= 4 is 11.9 Å². The molecule has 0 amide bonds. The molecule has 0 spiro atoms. The van der Waals surface area contributed by atoms with E-state index in [2.05, 4.69) is 0 Å². The number of hydrogen-bond acceptors (Lipinski definition) is 17. The van der Waals surface area contributed by atoms with Crippen LogP contribution < -0.4 is 5.73 Å². The highest BCUT2D eigenvalue weighted by Gasteiger charge is 2.51. The van der Waals surface area contributed by atoms with E-state index in [0.717, 1.165) is 12.8 Å². The van der Waals surface area contributed by atoms with E-state index in [1.165, 1.54) is 13.0 Å². The summed E-state index contributed by atoms with van der Waals surface area (Å²) in [6, 6.07) is -1.14. The van der Waals surface area contributed by atoms with Gasteiger partial charge in [0.1, 0.15) is 18.1 Å². The van der Waals surface area contributed by atoms with Crippen LogP contribution in [0.4, 0.5) is 0 Å². The number of carbonyl (C=O) groups excluding carboxylic acids is 1. The van der Waals surface area contributed by atoms with E-state index in [0.29, 0.717) is 0 Å². The number of rotatable bonds is 3. The van der Waals surface area contributed by atoms with Gasteiger partial charge in [-0.25, -0.2) is 0 Å². The molecule has 370 valence electrons. The molecule has 18 heteroatoms. The smallest absolute Gasteiger partial charge is 0.311 e. The van der Waals surface area contributed by atoms with Crippen LogP contribution in [-0.2, 0) is 28.5 Å². The Bertz CT molecular complexity index is 1620. The van der Waals surface area contributed by atoms with Gasteiger partial charge < -0.3 is 80.9 Å². The van der Waals surface area contributed by atoms with Crippen LogP contribution in [0.25, 0.3) is 0 Å². The summed E-state index contributed by atoms with van der Waals surface area (Å²) in [4.78, 5) is 25.1. The predicted octanol–water partition coefficient (Wildman–Crippen LogP) is 0.936. The number of aliphatic hydroxyl groups excluding tert-OH is 9. The Morgan fingerprint density at radius 2 is 1.31 bits per heavy atom. The third-order valence-electron chi connectivity index (χ3n) is 12.2. The zero-order chi connectivity index (χ0) is 48.4. The first-order valence-corrected chi connectivity index (χ1v) is 22.6. The molecule has 3 rings (SSSR count). The molecular weight excluding hydrogens is 851 g/mol. The highest BCUT2D eigenvalue weighted by Crippen LogP contribution is 2.38. The first-order valence-electron chi connectivity index (χ1n) is 22.6. The van der Waals surface area contributed by atoms with Crippen molar-refractivity contribution in [2.24, 2.45) is 23.5 Å². The lowest BCUT2D eigenvalue weighted by Crippen LogP contribution is -2.61. The molecule has 2 fully saturated rings. The van der Waals surface area contributed by atoms with E-state index < -0.39 is 147 Å². The molecule has 2 saturated heterocycles. The summed E-state index contributed by atoms with van der Waals surface area (Å²) < 4.78 is 23.2. The molecule has 4 unspecified atom stereocenters. The van der Waals surface area contributed by atoms with Crippen molar-refractivity contribution < 1.29 is 84.7 Å². The molecule has 0 aromatic rings. The minimum atomic E-state index is -2.32. The first-order chi connectivity index (χ1) is 30.6. The molecule has 3 aliphatic rings. The second kappa shape index (κ2) is 27.6. The molecule has 0 aromatic heterocycles. The summed E-state index contributed by atoms with van der Waals surface area (Å²) >= 11 is 0. The van der Waals surface area contributed by atoms with Crippen LogP contribution in [0.3, 0.4) is 0 Å². The van der Waals surface area contributed by atoms with Crippen molar-refractivity contribution in [1.82, 2.24) is 0 Å². The summed E-state index contributed by atoms with van der Waals surface area (Å²) in [5, 5.41) is 118. The van der Waals surface area contributed by atoms with Crippen molar-refractivity contribution in [3.05, 3.63) is 72.9 Å². The van der Waals surface area contributed by atoms with Gasteiger partial charge in [0.15, 0.2) is 12.1 Å². The Balaban J connectivity index is 1.84. The number of carboxylic acids is 1. The van der Waals surface area contributed by atoms with Gasteiger partial charge in [0.2, 0.25) is 0 Å². The lowest BCUT2D eigenvalue weighted by molar-refractivity contribution is -0.308. The molecule has 2 bridgehead atoms. The van der Waals surface area contributed by atoms with Crippen molar-refractivity contribution in [1.29, 1.82) is 0 Å². The SMILES string of the molecule is CC1[C@H](C)OC(=O)C[C@H](O)C[C@H](O)CC[C@@H](O)[C@H](O)C[C@H](O)C[C@]2(O)C[C@H](O)C(C(=O)O)C(C[C@@H](OC3O[C@H](C)[C@@H](O)[C@H](N)[C@@H]3O)/C=C/C=C/C=C/C=C/CC/C=C/C=C/[C@H](C)[C@H]1O)O2. The van der Waals surface area contributed by atoms with Gasteiger partial charge in [-0.05, 0) is 46.0 Å². The zero-order valence-electron chi connectivity index (χ0n) is 37.8. The van der Waals surface area contributed by atoms with Gasteiger partial charge in [0, 0.05) is 37.5 Å². The summed E-state index contributed by atoms with van der Waals surface area (Å²) in [5.74, 6) is -6.77. The lowest BCUT2D eigenvalue weighted by Gasteiger charge is -2.45. The second-order valence-corrected chi connectivity index (χ2v) is 17.8. The van der Waals surface area contributed by atoms with E-state index in [4.69, 9.17) is 24.7 Å². The first kappa shape index (κ1) is 56.1. The summed E-state index contributed by atoms with van der Waals surface area (Å²) in [7, 11) is 0. The average molecular weight is 926 g/mol. The van der Waals surface area contributed by atoms with Crippen LogP contribution in [0, 0.1) is 17.8 Å². The summed E-state index contributed by atoms with van der Waals surface area (Å²) in [5.41, 5.74) is 6.02. The molecule has 0 saturated carbocycles. The third-order valence-corrected chi connectivity index (χ3v) is 12.2. The number of aliphatic hydroxyl groups is 10. The van der Waals surface area contributed by atoms with Crippen molar-refractivity contribution in [3.8, 4) is 0 Å². The van der Waals surface area contributed by atoms with Gasteiger partial charge >= 0.3 is 11.9 Å². The van der Waals surface area contributed by atoms with E-state index in [1.807, 2.05) is 49.5 Å². The van der Waals surface area contributed by atoms with Gasteiger partial charge in [-0.15, -0.1) is 0 Å². The maximum absolute atomic E-state index is 12.6. The van der Waals surface area contributed by atoms with E-state index in [-0.39, 0.29) is 31.6 Å². The fraction of sp³-hybridized carbons (Fsp3) is 0.702. The predicted molar refractivity (Wildman–Crippen MR) is 237 cm³/mol. The number of carboxylic acid groups (broad SMARTS) is 1. The lowest BCUT2D eigenvalue weighted by atomic mass is 9.82. The summed E-state index contributed by atoms with van der Waals surface area (Å²) in [6.07, 6.45) is 2.26. The monoisotopic (exact) mass is 926 g/mol. The fourth-order valence-corrected chi connectivity index (χ4v) is 8.13. The van der Waals surface area contributed by atoms with Crippen LogP contribution in [0.2, 0.25) is 0 Å². The molecule has 13 N–H and O–H groups in total. The highest BCUT2D eigenvalue weighted by molar-refractivity contribution is 5.71. The Morgan fingerprint density at radius 3 is 1.97 bits per heavy atom. The van der Waals surface area contributed by atoms with Gasteiger partial charge in [0.25, 0.3) is 0 Å². The maximum Gasteiger partial charge on any atom is 0.311 e. The second-order valence-electron chi connectivity index (χ2n) is 17.8. The Hall–Kier alpha value is -3.18. The molecular formula is C47H75NO17. The number of hydrogen-bond donors (Lipinski definition) is 12. The Labute approximate surface area is 381 Å². The van der Waals surface area contributed by atoms with Crippen molar-refractivity contribution in [2.45, 2.75) is 189 Å². The van der Waals surface area contributed by atoms with E-state index in [1.54, 1.807) is 38.2 Å². The number of nitrogens with two attached hydrogens (primary N) is 1. The number of esters is 1. The van der Waals surface area contributed by atoms with E-state index in [9.17, 15) is 65.8 Å². The number of allylic oxidation sites excluding steroid dienone is 10. The maximum atomic E-state index is 12.6. The standard InChI is InChI=1S/C47H75NO17/c1-27-17-15-13-11-9-7-5-6-8-10-12-14-16-18-34(64-46-44(58)41(48)43(57)30(4)63-46)24-38-40(45(59)60)37(54)26-47(61,65-38)25-33(51)22-36(53)35(52)20-19-31(49)21-32(50)23-39(55)62-29(3)28(2)42(27)56/h5-6,8,10-18,27-38,40-44,46,49-54,56-58,61H,7,9,19-26,48H2,1-4H3,(H,59,60)/b6-5+,10-8+,13-11+,14-12+,17-15+,18-16+/t27-,28?,29-,30+,31+,32+,33-,34-,35+,36+,37-,38?,40?,41-,42+,43+,44-,46?,47+/m0/s1. The normalized spacial score (nSPS) is 45.2. The van der Waals surface area contributed by atoms with Crippen LogP contribution >= 0.6 is 0 Å². The fourth-order valence-electron chi connectivity index (χ4n) is 8.13. The quantitative estimate of drug-likeness (QED) is 0.175. The van der Waals surface area contributed by atoms with Gasteiger partial charge in [-0.3, -0.25) is 9.59 Å². The molecule has 18 nitrogen and oxygen atoms in total. The van der Waals surface area contributed by atoms with Crippen LogP contribution in [0.15, 0.2) is 72.9 Å². The van der Waals surface area contributed by atoms with Gasteiger partial charge in [0.05, 0.1) is 79.6 Å². The Kier molecular flexibility index (Phi) is 23.8. The summed E-state index contributed by atoms with van der Waals surface area (Å²) in [6.45, 7) is 6.78. The molecule has 0 aliphatic carbocycles. The molecule has 3 aliphatic heterocycles. The zero-order valence-corrected chi connectivity index (χ0v) is 37.8. The topological polar surface area (TPSA) is 320 Å². The highest BCUT2D eigenvalue weighted by atomic mass is 16.7. The number of ether oxygens (including phenoxy) is 4. The number of carbonyl (C=O) groups is 2. The molecule has 65 heavy (non-hydrogen) atoms. The van der Waals surface area contributed by atoms with Crippen LogP contribution in [0.5, 0.6) is 0 Å². The van der Waals surface area contributed by atoms with Crippen molar-refractivity contribution in [2.75, 3.05) is 0 Å². The number of aliphatic carboxylic acids is 1. The van der Waals surface area contributed by atoms with E-state index >= 15 is 0 Å². The van der Waals surface area contributed by atoms with Gasteiger partial charge in [-0.1, -0.05) is 86.8 Å². The largest absolute Gasteiger partial charge is 0.481 e.